The van der Waals surface area contributed by atoms with Crippen molar-refractivity contribution in [3.05, 3.63) is 54.1 Å². The van der Waals surface area contributed by atoms with Gasteiger partial charge in [-0.2, -0.15) is 0 Å². The van der Waals surface area contributed by atoms with Gasteiger partial charge in [-0.15, -0.1) is 0 Å². The third kappa shape index (κ3) is 6.47. The fourth-order valence-electron chi connectivity index (χ4n) is 2.83. The van der Waals surface area contributed by atoms with Gasteiger partial charge in [-0.1, -0.05) is 0 Å². The van der Waals surface area contributed by atoms with Crippen LogP contribution >= 0.6 is 0 Å². The summed E-state index contributed by atoms with van der Waals surface area (Å²) in [5.74, 6) is -0.619. The van der Waals surface area contributed by atoms with Gasteiger partial charge in [-0.3, -0.25) is 10.2 Å². The lowest BCUT2D eigenvalue weighted by atomic mass is 10.2. The van der Waals surface area contributed by atoms with Gasteiger partial charge in [0.25, 0.3) is 11.7 Å². The van der Waals surface area contributed by atoms with Gasteiger partial charge in [0.1, 0.15) is 30.5 Å². The SMILES string of the molecule is CN/C=C\C(=[NH2+])NC(=O)c1cc(Oc2cnc(C(=O)N3CCC3)cn2)cc(OC(CF)CF)c1. The largest absolute Gasteiger partial charge is 0.485 e. The zero-order valence-corrected chi connectivity index (χ0v) is 18.5. The molecule has 0 saturated carbocycles. The lowest BCUT2D eigenvalue weighted by Gasteiger charge is -2.30. The van der Waals surface area contributed by atoms with Gasteiger partial charge in [-0.25, -0.2) is 28.9 Å². The van der Waals surface area contributed by atoms with Crippen molar-refractivity contribution in [2.24, 2.45) is 0 Å². The summed E-state index contributed by atoms with van der Waals surface area (Å²) in [7, 11) is 1.67. The van der Waals surface area contributed by atoms with E-state index in [9.17, 15) is 18.4 Å². The Morgan fingerprint density at radius 1 is 1.18 bits per heavy atom. The van der Waals surface area contributed by atoms with E-state index in [2.05, 4.69) is 20.6 Å². The van der Waals surface area contributed by atoms with E-state index in [0.29, 0.717) is 13.1 Å². The number of halogens is 2. The number of alkyl halides is 2. The molecular formula is C22H25F2N6O4+. The molecule has 10 nitrogen and oxygen atoms in total. The number of ether oxygens (including phenoxy) is 2. The predicted molar refractivity (Wildman–Crippen MR) is 118 cm³/mol. The maximum atomic E-state index is 13.0. The van der Waals surface area contributed by atoms with E-state index in [1.54, 1.807) is 11.9 Å². The topological polar surface area (TPSA) is 131 Å². The zero-order chi connectivity index (χ0) is 24.5. The van der Waals surface area contributed by atoms with Gasteiger partial charge in [-0.05, 0) is 18.6 Å². The number of nitrogens with two attached hydrogens (primary N) is 1. The molecule has 0 atom stereocenters. The molecule has 1 aliphatic rings. The molecule has 1 aromatic heterocycles. The summed E-state index contributed by atoms with van der Waals surface area (Å²) < 4.78 is 36.9. The van der Waals surface area contributed by atoms with Crippen LogP contribution in [0, 0.1) is 0 Å². The molecule has 12 heteroatoms. The quantitative estimate of drug-likeness (QED) is 0.335. The first kappa shape index (κ1) is 24.6. The van der Waals surface area contributed by atoms with Crippen molar-refractivity contribution in [3.8, 4) is 17.4 Å². The van der Waals surface area contributed by atoms with Crippen LogP contribution < -0.4 is 25.5 Å². The van der Waals surface area contributed by atoms with Crippen LogP contribution in [0.15, 0.2) is 42.9 Å². The summed E-state index contributed by atoms with van der Waals surface area (Å²) in [4.78, 5) is 34.6. The fourth-order valence-corrected chi connectivity index (χ4v) is 2.83. The van der Waals surface area contributed by atoms with Crippen molar-refractivity contribution in [2.75, 3.05) is 33.5 Å². The molecule has 0 unspecified atom stereocenters. The van der Waals surface area contributed by atoms with E-state index in [1.807, 2.05) is 0 Å². The fraction of sp³-hybridized carbons (Fsp3) is 0.318. The Balaban J connectivity index is 1.80. The molecular weight excluding hydrogens is 450 g/mol. The first-order valence-corrected chi connectivity index (χ1v) is 10.4. The minimum Gasteiger partial charge on any atom is -0.485 e. The molecule has 3 rings (SSSR count). The molecule has 0 aliphatic carbocycles. The Hall–Kier alpha value is -4.09. The third-order valence-corrected chi connectivity index (χ3v) is 4.69. The Labute approximate surface area is 194 Å². The monoisotopic (exact) mass is 475 g/mol. The first-order chi connectivity index (χ1) is 16.4. The van der Waals surface area contributed by atoms with Crippen molar-refractivity contribution in [2.45, 2.75) is 12.5 Å². The number of likely N-dealkylation sites (tertiary alicyclic amines) is 1. The molecule has 0 bridgehead atoms. The van der Waals surface area contributed by atoms with Crippen molar-refractivity contribution < 1.29 is 33.3 Å². The molecule has 1 saturated heterocycles. The van der Waals surface area contributed by atoms with Gasteiger partial charge < -0.3 is 19.7 Å². The first-order valence-electron chi connectivity index (χ1n) is 10.4. The number of carbonyl (C=O) groups is 2. The van der Waals surface area contributed by atoms with E-state index < -0.39 is 25.4 Å². The van der Waals surface area contributed by atoms with Crippen LogP contribution in [0.4, 0.5) is 8.78 Å². The summed E-state index contributed by atoms with van der Waals surface area (Å²) in [6, 6.07) is 4.03. The highest BCUT2D eigenvalue weighted by molar-refractivity contribution is 6.08. The summed E-state index contributed by atoms with van der Waals surface area (Å²) in [6.07, 6.45) is 5.13. The number of amides is 2. The summed E-state index contributed by atoms with van der Waals surface area (Å²) >= 11 is 0. The van der Waals surface area contributed by atoms with E-state index >= 15 is 0 Å². The second-order valence-electron chi connectivity index (χ2n) is 7.26. The van der Waals surface area contributed by atoms with E-state index in [1.165, 1.54) is 42.9 Å². The van der Waals surface area contributed by atoms with Crippen molar-refractivity contribution >= 4 is 17.6 Å². The number of amidine groups is 1. The average Bonchev–Trinajstić information content (AvgIpc) is 2.80. The second-order valence-corrected chi connectivity index (χ2v) is 7.26. The van der Waals surface area contributed by atoms with Crippen LogP contribution in [-0.2, 0) is 0 Å². The highest BCUT2D eigenvalue weighted by atomic mass is 19.1. The van der Waals surface area contributed by atoms with Crippen LogP contribution in [0.2, 0.25) is 0 Å². The molecule has 1 fully saturated rings. The van der Waals surface area contributed by atoms with Crippen LogP contribution in [0.25, 0.3) is 0 Å². The Bertz CT molecular complexity index is 1060. The number of nitrogens with one attached hydrogen (secondary N) is 2. The Morgan fingerprint density at radius 3 is 2.50 bits per heavy atom. The van der Waals surface area contributed by atoms with Crippen molar-refractivity contribution in [3.63, 3.8) is 0 Å². The third-order valence-electron chi connectivity index (χ3n) is 4.69. The van der Waals surface area contributed by atoms with Crippen LogP contribution in [0.5, 0.6) is 17.4 Å². The molecule has 2 heterocycles. The maximum Gasteiger partial charge on any atom is 0.339 e. The molecule has 2 amide bonds. The lowest BCUT2D eigenvalue weighted by molar-refractivity contribution is -0.115. The minimum absolute atomic E-state index is 0.00447. The Kier molecular flexibility index (Phi) is 8.43. The van der Waals surface area contributed by atoms with Gasteiger partial charge in [0.15, 0.2) is 6.10 Å². The van der Waals surface area contributed by atoms with Gasteiger partial charge in [0.2, 0.25) is 5.88 Å². The number of hydrogen-bond donors (Lipinski definition) is 3. The van der Waals surface area contributed by atoms with Gasteiger partial charge >= 0.3 is 5.91 Å². The molecule has 4 N–H and O–H groups in total. The van der Waals surface area contributed by atoms with Gasteiger partial charge in [0.05, 0.1) is 18.0 Å². The maximum absolute atomic E-state index is 13.0. The van der Waals surface area contributed by atoms with Crippen LogP contribution in [0.3, 0.4) is 0 Å². The van der Waals surface area contributed by atoms with Crippen LogP contribution in [-0.4, -0.2) is 72.1 Å². The predicted octanol–water partition coefficient (Wildman–Crippen LogP) is 0.422. The number of nitrogens with zero attached hydrogens (tertiary/aromatic N) is 3. The molecule has 34 heavy (non-hydrogen) atoms. The van der Waals surface area contributed by atoms with Crippen molar-refractivity contribution in [1.82, 2.24) is 25.5 Å². The molecule has 180 valence electrons. The molecule has 1 aromatic carbocycles. The summed E-state index contributed by atoms with van der Waals surface area (Å²) in [5, 5.41) is 10.9. The molecule has 0 spiro atoms. The number of aromatic nitrogens is 2. The smallest absolute Gasteiger partial charge is 0.339 e. The van der Waals surface area contributed by atoms with Crippen LogP contribution in [0.1, 0.15) is 27.3 Å². The minimum atomic E-state index is -1.34. The van der Waals surface area contributed by atoms with E-state index in [0.717, 1.165) is 6.42 Å². The molecule has 2 aromatic rings. The van der Waals surface area contributed by atoms with E-state index in [-0.39, 0.29) is 40.4 Å². The zero-order valence-electron chi connectivity index (χ0n) is 18.5. The lowest BCUT2D eigenvalue weighted by Crippen LogP contribution is -2.49. The number of hydrogen-bond acceptors (Lipinski definition) is 7. The number of benzene rings is 1. The van der Waals surface area contributed by atoms with Crippen molar-refractivity contribution in [1.29, 1.82) is 0 Å². The molecule has 0 radical (unpaired) electrons. The standard InChI is InChI=1S/C22H24F2N6O4/c1-26-4-3-19(25)29-21(31)14-7-15(33-17(10-23)11-24)9-16(8-14)34-20-13-27-18(12-28-20)22(32)30-5-2-6-30/h3-4,7-9,12-13,17,26H,2,5-6,10-11H2,1H3,(H2,25,29,31)/p+1/b4-3-. The normalized spacial score (nSPS) is 12.9. The highest BCUT2D eigenvalue weighted by Crippen LogP contribution is 2.27. The average molecular weight is 475 g/mol. The highest BCUT2D eigenvalue weighted by Gasteiger charge is 2.23. The van der Waals surface area contributed by atoms with Gasteiger partial charge in [0, 0.05) is 38.5 Å². The van der Waals surface area contributed by atoms with E-state index in [4.69, 9.17) is 14.9 Å². The number of rotatable bonds is 10. The second kappa shape index (κ2) is 11.7. The Morgan fingerprint density at radius 2 is 1.91 bits per heavy atom. The molecule has 1 aliphatic heterocycles. The number of carbonyl (C=O) groups excluding carboxylic acids is 2. The summed E-state index contributed by atoms with van der Waals surface area (Å²) in [5.41, 5.74) is 0.237. The summed E-state index contributed by atoms with van der Waals surface area (Å²) in [6.45, 7) is -0.753.